The molecule has 0 nitrogen and oxygen atoms in total. The normalized spacial score (nSPS) is 10.0. The van der Waals surface area contributed by atoms with Gasteiger partial charge >= 0.3 is 0 Å². The molecule has 0 aliphatic heterocycles. The Hall–Kier alpha value is 0.760. The van der Waals surface area contributed by atoms with Crippen molar-refractivity contribution in [2.24, 2.45) is 0 Å². The molecular formula is C6H2Br2Cl2. The van der Waals surface area contributed by atoms with Gasteiger partial charge in [-0.2, -0.15) is 0 Å². The van der Waals surface area contributed by atoms with Crippen LogP contribution < -0.4 is 0 Å². The van der Waals surface area contributed by atoms with Crippen molar-refractivity contribution in [3.8, 4) is 0 Å². The fraction of sp³-hybridized carbons (Fsp3) is 0. The van der Waals surface area contributed by atoms with Gasteiger partial charge in [0.2, 0.25) is 0 Å². The van der Waals surface area contributed by atoms with E-state index in [0.717, 1.165) is 8.95 Å². The molecule has 54 valence electrons. The van der Waals surface area contributed by atoms with Crippen molar-refractivity contribution < 1.29 is 0 Å². The Morgan fingerprint density at radius 3 is 1.50 bits per heavy atom. The Morgan fingerprint density at radius 1 is 0.900 bits per heavy atom. The first-order valence-corrected chi connectivity index (χ1v) is 4.75. The van der Waals surface area contributed by atoms with Crippen LogP contribution in [0.4, 0.5) is 0 Å². The van der Waals surface area contributed by atoms with E-state index in [4.69, 9.17) is 23.2 Å². The highest BCUT2D eigenvalue weighted by molar-refractivity contribution is 9.11. The minimum Gasteiger partial charge on any atom is -0.0831 e. The van der Waals surface area contributed by atoms with E-state index >= 15 is 0 Å². The maximum Gasteiger partial charge on any atom is 0.0560 e. The topological polar surface area (TPSA) is 0 Å². The Labute approximate surface area is 85.8 Å². The van der Waals surface area contributed by atoms with Crippen molar-refractivity contribution in [3.63, 3.8) is 0 Å². The zero-order valence-corrected chi connectivity index (χ0v) is 9.35. The monoisotopic (exact) mass is 302 g/mol. The van der Waals surface area contributed by atoms with E-state index in [1.54, 1.807) is 12.1 Å². The van der Waals surface area contributed by atoms with E-state index in [2.05, 4.69) is 31.9 Å². The summed E-state index contributed by atoms with van der Waals surface area (Å²) in [5.74, 6) is 0. The van der Waals surface area contributed by atoms with E-state index in [9.17, 15) is 0 Å². The Balaban J connectivity index is 3.28. The summed E-state index contributed by atoms with van der Waals surface area (Å²) in [4.78, 5) is 0. The van der Waals surface area contributed by atoms with Crippen molar-refractivity contribution >= 4 is 55.1 Å². The minimum absolute atomic E-state index is 0.649. The summed E-state index contributed by atoms with van der Waals surface area (Å²) >= 11 is 18.0. The molecule has 10 heavy (non-hydrogen) atoms. The average molecular weight is 305 g/mol. The molecule has 0 aromatic heterocycles. The van der Waals surface area contributed by atoms with Gasteiger partial charge in [-0.1, -0.05) is 23.2 Å². The predicted octanol–water partition coefficient (Wildman–Crippen LogP) is 4.52. The molecule has 0 N–H and O–H groups in total. The van der Waals surface area contributed by atoms with Crippen molar-refractivity contribution in [3.05, 3.63) is 31.1 Å². The fourth-order valence-corrected chi connectivity index (χ4v) is 1.78. The quantitative estimate of drug-likeness (QED) is 0.618. The first-order valence-electron chi connectivity index (χ1n) is 2.41. The Morgan fingerprint density at radius 2 is 1.20 bits per heavy atom. The molecule has 0 aliphatic rings. The summed E-state index contributed by atoms with van der Waals surface area (Å²) in [6.07, 6.45) is 0. The molecule has 0 radical (unpaired) electrons. The van der Waals surface area contributed by atoms with Crippen LogP contribution >= 0.6 is 55.1 Å². The lowest BCUT2D eigenvalue weighted by Gasteiger charge is -1.98. The van der Waals surface area contributed by atoms with Gasteiger partial charge in [-0.15, -0.1) is 0 Å². The third-order valence-corrected chi connectivity index (χ3v) is 3.36. The predicted molar refractivity (Wildman–Crippen MR) is 51.9 cm³/mol. The average Bonchev–Trinajstić information content (AvgIpc) is 1.84. The van der Waals surface area contributed by atoms with Gasteiger partial charge in [0.15, 0.2) is 0 Å². The number of rotatable bonds is 0. The van der Waals surface area contributed by atoms with Crippen LogP contribution in [0.25, 0.3) is 0 Å². The van der Waals surface area contributed by atoms with E-state index in [0.29, 0.717) is 10.0 Å². The highest BCUT2D eigenvalue weighted by atomic mass is 79.9. The highest BCUT2D eigenvalue weighted by Crippen LogP contribution is 2.32. The molecule has 0 unspecified atom stereocenters. The van der Waals surface area contributed by atoms with Crippen molar-refractivity contribution in [2.75, 3.05) is 0 Å². The molecule has 1 aromatic carbocycles. The third kappa shape index (κ3) is 1.88. The van der Waals surface area contributed by atoms with Crippen LogP contribution in [-0.2, 0) is 0 Å². The summed E-state index contributed by atoms with van der Waals surface area (Å²) in [5.41, 5.74) is 0. The van der Waals surface area contributed by atoms with Crippen LogP contribution in [0.3, 0.4) is 0 Å². The summed E-state index contributed by atoms with van der Waals surface area (Å²) < 4.78 is 1.62. The maximum atomic E-state index is 5.75. The van der Waals surface area contributed by atoms with Gasteiger partial charge in [-0.3, -0.25) is 0 Å². The second-order valence-corrected chi connectivity index (χ2v) is 4.20. The van der Waals surface area contributed by atoms with Gasteiger partial charge in [0.05, 0.1) is 10.0 Å². The molecule has 0 amide bonds. The second kappa shape index (κ2) is 3.44. The molecule has 0 heterocycles. The summed E-state index contributed by atoms with van der Waals surface area (Å²) in [6, 6.07) is 3.49. The van der Waals surface area contributed by atoms with Gasteiger partial charge in [0.1, 0.15) is 0 Å². The lowest BCUT2D eigenvalue weighted by atomic mass is 10.4. The third-order valence-electron chi connectivity index (χ3n) is 0.963. The van der Waals surface area contributed by atoms with Gasteiger partial charge in [0.25, 0.3) is 0 Å². The van der Waals surface area contributed by atoms with Crippen LogP contribution in [0.15, 0.2) is 21.1 Å². The van der Waals surface area contributed by atoms with E-state index in [-0.39, 0.29) is 0 Å². The fourth-order valence-electron chi connectivity index (χ4n) is 0.498. The largest absolute Gasteiger partial charge is 0.0831 e. The lowest BCUT2D eigenvalue weighted by Crippen LogP contribution is -1.71. The second-order valence-electron chi connectivity index (χ2n) is 1.68. The summed E-state index contributed by atoms with van der Waals surface area (Å²) in [5, 5.41) is 1.30. The molecule has 0 saturated carbocycles. The molecule has 1 rings (SSSR count). The summed E-state index contributed by atoms with van der Waals surface area (Å²) in [6.45, 7) is 0. The smallest absolute Gasteiger partial charge is 0.0560 e. The standard InChI is InChI=1S/C6H2Br2Cl2/c7-3-1-5(9)4(8)2-6(3)10/h1-2H. The molecule has 0 bridgehead atoms. The highest BCUT2D eigenvalue weighted by Gasteiger charge is 2.01. The first-order chi connectivity index (χ1) is 4.61. The molecular weight excluding hydrogens is 303 g/mol. The number of hydrogen-bond donors (Lipinski definition) is 0. The van der Waals surface area contributed by atoms with Gasteiger partial charge in [0, 0.05) is 8.95 Å². The molecule has 0 spiro atoms. The maximum absolute atomic E-state index is 5.75. The Bertz CT molecular complexity index is 210. The van der Waals surface area contributed by atoms with Crippen molar-refractivity contribution in [1.82, 2.24) is 0 Å². The molecule has 0 atom stereocenters. The van der Waals surface area contributed by atoms with Crippen LogP contribution in [-0.4, -0.2) is 0 Å². The van der Waals surface area contributed by atoms with E-state index in [1.165, 1.54) is 0 Å². The van der Waals surface area contributed by atoms with Crippen molar-refractivity contribution in [2.45, 2.75) is 0 Å². The minimum atomic E-state index is 0.649. The van der Waals surface area contributed by atoms with Crippen LogP contribution in [0.1, 0.15) is 0 Å². The molecule has 0 saturated heterocycles. The molecule has 4 heteroatoms. The lowest BCUT2D eigenvalue weighted by molar-refractivity contribution is 1.60. The van der Waals surface area contributed by atoms with Crippen molar-refractivity contribution in [1.29, 1.82) is 0 Å². The van der Waals surface area contributed by atoms with Gasteiger partial charge < -0.3 is 0 Å². The zero-order valence-electron chi connectivity index (χ0n) is 4.67. The number of hydrogen-bond acceptors (Lipinski definition) is 0. The Kier molecular flexibility index (Phi) is 3.04. The van der Waals surface area contributed by atoms with Gasteiger partial charge in [-0.25, -0.2) is 0 Å². The van der Waals surface area contributed by atoms with Crippen LogP contribution in [0.2, 0.25) is 10.0 Å². The van der Waals surface area contributed by atoms with Crippen LogP contribution in [0, 0.1) is 0 Å². The van der Waals surface area contributed by atoms with Gasteiger partial charge in [-0.05, 0) is 44.0 Å². The van der Waals surface area contributed by atoms with Crippen LogP contribution in [0.5, 0.6) is 0 Å². The molecule has 0 aliphatic carbocycles. The first kappa shape index (κ1) is 8.85. The SMILES string of the molecule is Clc1cc(Br)c(Cl)cc1Br. The van der Waals surface area contributed by atoms with E-state index in [1.807, 2.05) is 0 Å². The van der Waals surface area contributed by atoms with E-state index < -0.39 is 0 Å². The number of halogens is 4. The molecule has 0 fully saturated rings. The summed E-state index contributed by atoms with van der Waals surface area (Å²) in [7, 11) is 0. The number of benzene rings is 1. The molecule has 1 aromatic rings. The zero-order chi connectivity index (χ0) is 7.72.